The molecule has 1 aliphatic carbocycles. The Labute approximate surface area is 219 Å². The molecule has 1 amide bonds. The topological polar surface area (TPSA) is 66.8 Å². The van der Waals surface area contributed by atoms with Gasteiger partial charge in [-0.25, -0.2) is 0 Å². The van der Waals surface area contributed by atoms with Crippen molar-refractivity contribution in [1.29, 1.82) is 0 Å². The molecule has 0 bridgehead atoms. The Balaban J connectivity index is 1.55. The number of anilines is 1. The van der Waals surface area contributed by atoms with Gasteiger partial charge in [-0.15, -0.1) is 0 Å². The van der Waals surface area contributed by atoms with Crippen molar-refractivity contribution in [3.63, 3.8) is 0 Å². The fourth-order valence-electron chi connectivity index (χ4n) is 5.84. The first-order valence-electron chi connectivity index (χ1n) is 13.0. The lowest BCUT2D eigenvalue weighted by molar-refractivity contribution is 0.0813. The Morgan fingerprint density at radius 1 is 1.14 bits per heavy atom. The molecule has 2 aliphatic rings. The number of benzene rings is 1. The van der Waals surface area contributed by atoms with Gasteiger partial charge in [-0.05, 0) is 78.2 Å². The molecule has 4 rings (SSSR count). The minimum absolute atomic E-state index is 0.0708. The van der Waals surface area contributed by atoms with E-state index < -0.39 is 0 Å². The summed E-state index contributed by atoms with van der Waals surface area (Å²) in [5.74, 6) is -0.223. The van der Waals surface area contributed by atoms with Crippen LogP contribution in [0.5, 0.6) is 0 Å². The first-order chi connectivity index (χ1) is 17.2. The van der Waals surface area contributed by atoms with Crippen molar-refractivity contribution in [3.8, 4) is 0 Å². The number of fused-ring (bicyclic) bond motifs is 1. The minimum atomic E-state index is -0.223. The number of hydrogen-bond acceptors (Lipinski definition) is 5. The lowest BCUT2D eigenvalue weighted by atomic mass is 9.89. The Kier molecular flexibility index (Phi) is 8.43. The monoisotopic (exact) mass is 514 g/mol. The Bertz CT molecular complexity index is 1170. The molecule has 2 aromatic rings. The molecule has 7 nitrogen and oxygen atoms in total. The Hall–Kier alpha value is -2.35. The van der Waals surface area contributed by atoms with E-state index >= 15 is 0 Å². The summed E-state index contributed by atoms with van der Waals surface area (Å²) < 4.78 is 7.72. The van der Waals surface area contributed by atoms with E-state index in [0.717, 1.165) is 42.0 Å². The zero-order chi connectivity index (χ0) is 26.0. The normalized spacial score (nSPS) is 19.8. The summed E-state index contributed by atoms with van der Waals surface area (Å²) in [5, 5.41) is 3.53. The lowest BCUT2D eigenvalue weighted by Gasteiger charge is -2.40. The van der Waals surface area contributed by atoms with E-state index in [1.807, 2.05) is 19.9 Å². The van der Waals surface area contributed by atoms with Gasteiger partial charge < -0.3 is 24.4 Å². The third kappa shape index (κ3) is 5.48. The first kappa shape index (κ1) is 26.7. The van der Waals surface area contributed by atoms with Crippen molar-refractivity contribution in [2.75, 3.05) is 32.1 Å². The Morgan fingerprint density at radius 2 is 1.83 bits per heavy atom. The van der Waals surface area contributed by atoms with E-state index in [9.17, 15) is 9.59 Å². The number of aryl methyl sites for hydroxylation is 1. The fourth-order valence-corrected chi connectivity index (χ4v) is 6.05. The molecule has 1 aromatic heterocycles. The first-order valence-corrected chi connectivity index (χ1v) is 13.4. The molecule has 8 heteroatoms. The van der Waals surface area contributed by atoms with E-state index in [4.69, 9.17) is 16.3 Å². The van der Waals surface area contributed by atoms with Gasteiger partial charge >= 0.3 is 0 Å². The highest BCUT2D eigenvalue weighted by molar-refractivity contribution is 6.31. The molecule has 0 saturated heterocycles. The van der Waals surface area contributed by atoms with E-state index in [1.54, 1.807) is 12.1 Å². The second kappa shape index (κ2) is 11.4. The molecule has 0 radical (unpaired) electrons. The maximum absolute atomic E-state index is 13.4. The van der Waals surface area contributed by atoms with Gasteiger partial charge in [-0.2, -0.15) is 0 Å². The van der Waals surface area contributed by atoms with E-state index in [1.165, 1.54) is 12.8 Å². The predicted octanol–water partition coefficient (Wildman–Crippen LogP) is 4.28. The van der Waals surface area contributed by atoms with Crippen LogP contribution in [0, 0.1) is 13.8 Å². The van der Waals surface area contributed by atoms with Crippen LogP contribution in [0.15, 0.2) is 23.0 Å². The summed E-state index contributed by atoms with van der Waals surface area (Å²) in [7, 11) is 4.31. The molecular weight excluding hydrogens is 476 g/mol. The van der Waals surface area contributed by atoms with Gasteiger partial charge in [-0.1, -0.05) is 11.6 Å². The maximum Gasteiger partial charge on any atom is 0.251 e. The van der Waals surface area contributed by atoms with Crippen LogP contribution in [0.1, 0.15) is 65.5 Å². The zero-order valence-corrected chi connectivity index (χ0v) is 23.0. The number of ether oxygens (including phenoxy) is 1. The van der Waals surface area contributed by atoms with Crippen molar-refractivity contribution < 1.29 is 9.53 Å². The number of carbonyl (C=O) groups is 1. The van der Waals surface area contributed by atoms with Crippen molar-refractivity contribution in [2.24, 2.45) is 0 Å². The number of carbonyl (C=O) groups excluding carboxylic acids is 1. The number of hydrogen-bond donors (Lipinski definition) is 1. The van der Waals surface area contributed by atoms with Gasteiger partial charge in [0, 0.05) is 65.3 Å². The van der Waals surface area contributed by atoms with Crippen LogP contribution in [0.25, 0.3) is 0 Å². The molecule has 0 unspecified atom stereocenters. The summed E-state index contributed by atoms with van der Waals surface area (Å²) >= 11 is 6.54. The van der Waals surface area contributed by atoms with Crippen molar-refractivity contribution in [2.45, 2.75) is 78.2 Å². The van der Waals surface area contributed by atoms with Crippen molar-refractivity contribution in [1.82, 2.24) is 14.8 Å². The number of nitrogens with one attached hydrogen (secondary N) is 1. The molecule has 1 N–H and O–H groups in total. The molecule has 196 valence electrons. The van der Waals surface area contributed by atoms with Crippen molar-refractivity contribution in [3.05, 3.63) is 61.5 Å². The third-order valence-electron chi connectivity index (χ3n) is 7.94. The van der Waals surface area contributed by atoms with Gasteiger partial charge in [0.25, 0.3) is 5.91 Å². The molecule has 0 spiro atoms. The van der Waals surface area contributed by atoms with Crippen LogP contribution in [-0.4, -0.2) is 54.7 Å². The second-order valence-electron chi connectivity index (χ2n) is 10.3. The summed E-state index contributed by atoms with van der Waals surface area (Å²) in [4.78, 5) is 30.8. The van der Waals surface area contributed by atoms with Gasteiger partial charge in [0.05, 0.1) is 18.9 Å². The number of aromatic nitrogens is 1. The summed E-state index contributed by atoms with van der Waals surface area (Å²) in [5.41, 5.74) is 4.77. The number of halogens is 1. The van der Waals surface area contributed by atoms with Crippen molar-refractivity contribution >= 4 is 23.2 Å². The predicted molar refractivity (Wildman–Crippen MR) is 145 cm³/mol. The molecule has 1 fully saturated rings. The van der Waals surface area contributed by atoms with Crippen LogP contribution in [-0.2, 0) is 24.4 Å². The molecule has 2 heterocycles. The van der Waals surface area contributed by atoms with Gasteiger partial charge in [0.2, 0.25) is 0 Å². The lowest BCUT2D eigenvalue weighted by Crippen LogP contribution is -2.42. The summed E-state index contributed by atoms with van der Waals surface area (Å²) in [6.07, 6.45) is 4.58. The van der Waals surface area contributed by atoms with Crippen LogP contribution in [0.3, 0.4) is 0 Å². The molecular formula is C28H39ClN4O3. The number of pyridine rings is 1. The molecule has 0 atom stereocenters. The standard InChI is InChI=1S/C28H39ClN4O3/c1-6-32(22-9-7-21(8-10-22)31(4)5)25-15-20(29)14-23(19(25)3)28(35)30-16-24-26-17-36-12-11-33(26)18(2)13-27(24)34/h13-15,21-22H,6-12,16-17H2,1-5H3,(H,30,35). The molecule has 1 aromatic carbocycles. The highest BCUT2D eigenvalue weighted by atomic mass is 35.5. The van der Waals surface area contributed by atoms with E-state index in [0.29, 0.717) is 48.0 Å². The maximum atomic E-state index is 13.4. The summed E-state index contributed by atoms with van der Waals surface area (Å²) in [6.45, 7) is 8.81. The van der Waals surface area contributed by atoms with E-state index in [-0.39, 0.29) is 17.9 Å². The largest absolute Gasteiger partial charge is 0.373 e. The highest BCUT2D eigenvalue weighted by Crippen LogP contribution is 2.34. The summed E-state index contributed by atoms with van der Waals surface area (Å²) in [6, 6.07) is 6.41. The number of rotatable bonds is 7. The molecule has 36 heavy (non-hydrogen) atoms. The Morgan fingerprint density at radius 3 is 2.50 bits per heavy atom. The zero-order valence-electron chi connectivity index (χ0n) is 22.2. The second-order valence-corrected chi connectivity index (χ2v) is 10.7. The van der Waals surface area contributed by atoms with Crippen LogP contribution < -0.4 is 15.6 Å². The number of amides is 1. The quantitative estimate of drug-likeness (QED) is 0.597. The van der Waals surface area contributed by atoms with Crippen LogP contribution in [0.2, 0.25) is 5.02 Å². The van der Waals surface area contributed by atoms with E-state index in [2.05, 4.69) is 40.7 Å². The fraction of sp³-hybridized carbons (Fsp3) is 0.571. The van der Waals surface area contributed by atoms with Crippen LogP contribution >= 0.6 is 11.6 Å². The van der Waals surface area contributed by atoms with Crippen LogP contribution in [0.4, 0.5) is 5.69 Å². The molecule has 1 aliphatic heterocycles. The average Bonchev–Trinajstić information content (AvgIpc) is 2.86. The molecule has 1 saturated carbocycles. The highest BCUT2D eigenvalue weighted by Gasteiger charge is 2.28. The van der Waals surface area contributed by atoms with Gasteiger partial charge in [0.15, 0.2) is 5.43 Å². The number of nitrogens with zero attached hydrogens (tertiary/aromatic N) is 3. The third-order valence-corrected chi connectivity index (χ3v) is 8.16. The minimum Gasteiger partial charge on any atom is -0.373 e. The smallest absolute Gasteiger partial charge is 0.251 e. The van der Waals surface area contributed by atoms with Gasteiger partial charge in [-0.3, -0.25) is 9.59 Å². The van der Waals surface area contributed by atoms with Gasteiger partial charge in [0.1, 0.15) is 0 Å². The average molecular weight is 515 g/mol. The SMILES string of the molecule is CCN(c1cc(Cl)cc(C(=O)NCc2c3n(c(C)cc2=O)CCOC3)c1C)C1CCC(N(C)C)CC1.